The molecule has 0 atom stereocenters. The summed E-state index contributed by atoms with van der Waals surface area (Å²) in [5.41, 5.74) is 2.69. The van der Waals surface area contributed by atoms with Crippen LogP contribution >= 0.6 is 0 Å². The van der Waals surface area contributed by atoms with Gasteiger partial charge in [-0.25, -0.2) is 4.57 Å². The van der Waals surface area contributed by atoms with Gasteiger partial charge in [-0.2, -0.15) is 0 Å². The molecule has 0 saturated heterocycles. The van der Waals surface area contributed by atoms with Gasteiger partial charge in [-0.05, 0) is 24.5 Å². The fourth-order valence-corrected chi connectivity index (χ4v) is 1.86. The fraction of sp³-hybridized carbons (Fsp3) is 0.429. The molecular formula is C14H20N3+. The van der Waals surface area contributed by atoms with E-state index in [2.05, 4.69) is 54.1 Å². The molecule has 0 aliphatic carbocycles. The number of hydrogen-bond acceptors (Lipinski definition) is 1. The SMILES string of the molecule is CCCCn1c[n+](Cc2ccccc2C)cn1. The third kappa shape index (κ3) is 3.16. The zero-order chi connectivity index (χ0) is 12.1. The minimum absolute atomic E-state index is 0.902. The predicted octanol–water partition coefficient (Wildman–Crippen LogP) is 2.33. The van der Waals surface area contributed by atoms with Crippen molar-refractivity contribution >= 4 is 0 Å². The quantitative estimate of drug-likeness (QED) is 0.722. The molecule has 0 amide bonds. The Morgan fingerprint density at radius 3 is 2.88 bits per heavy atom. The molecule has 2 rings (SSSR count). The highest BCUT2D eigenvalue weighted by atomic mass is 15.3. The summed E-state index contributed by atoms with van der Waals surface area (Å²) in [7, 11) is 0. The number of benzene rings is 1. The molecule has 0 N–H and O–H groups in total. The molecule has 2 aromatic rings. The van der Waals surface area contributed by atoms with Gasteiger partial charge in [-0.1, -0.05) is 37.6 Å². The first-order chi connectivity index (χ1) is 8.29. The van der Waals surface area contributed by atoms with Crippen molar-refractivity contribution in [3.8, 4) is 0 Å². The van der Waals surface area contributed by atoms with Crippen LogP contribution in [0.3, 0.4) is 0 Å². The Labute approximate surface area is 103 Å². The molecule has 90 valence electrons. The first kappa shape index (κ1) is 11.8. The third-order valence-electron chi connectivity index (χ3n) is 2.98. The van der Waals surface area contributed by atoms with E-state index in [4.69, 9.17) is 0 Å². The molecule has 17 heavy (non-hydrogen) atoms. The van der Waals surface area contributed by atoms with Crippen LogP contribution in [0.2, 0.25) is 0 Å². The van der Waals surface area contributed by atoms with Gasteiger partial charge in [0, 0.05) is 5.10 Å². The van der Waals surface area contributed by atoms with Gasteiger partial charge in [0.15, 0.2) is 0 Å². The second kappa shape index (κ2) is 5.62. The molecule has 1 aromatic heterocycles. The van der Waals surface area contributed by atoms with Crippen molar-refractivity contribution in [2.45, 2.75) is 39.8 Å². The smallest absolute Gasteiger partial charge is 0.233 e. The topological polar surface area (TPSA) is 21.7 Å². The van der Waals surface area contributed by atoms with Gasteiger partial charge in [0.05, 0.1) is 6.54 Å². The van der Waals surface area contributed by atoms with Gasteiger partial charge in [-0.15, -0.1) is 4.68 Å². The van der Waals surface area contributed by atoms with Gasteiger partial charge in [0.2, 0.25) is 6.33 Å². The maximum atomic E-state index is 4.36. The summed E-state index contributed by atoms with van der Waals surface area (Å²) >= 11 is 0. The summed E-state index contributed by atoms with van der Waals surface area (Å²) in [5, 5.41) is 4.36. The molecule has 1 aromatic carbocycles. The Hall–Kier alpha value is -1.64. The van der Waals surface area contributed by atoms with E-state index in [1.165, 1.54) is 24.0 Å². The van der Waals surface area contributed by atoms with Crippen LogP contribution in [-0.4, -0.2) is 9.78 Å². The highest BCUT2D eigenvalue weighted by Crippen LogP contribution is 2.05. The molecule has 0 spiro atoms. The van der Waals surface area contributed by atoms with Crippen molar-refractivity contribution in [3.05, 3.63) is 48.0 Å². The lowest BCUT2D eigenvalue weighted by atomic mass is 10.1. The number of rotatable bonds is 5. The lowest BCUT2D eigenvalue weighted by molar-refractivity contribution is -0.689. The number of aromatic nitrogens is 3. The highest BCUT2D eigenvalue weighted by Gasteiger charge is 2.06. The Kier molecular flexibility index (Phi) is 3.91. The summed E-state index contributed by atoms with van der Waals surface area (Å²) < 4.78 is 4.15. The second-order valence-corrected chi connectivity index (χ2v) is 4.46. The maximum absolute atomic E-state index is 4.36. The van der Waals surface area contributed by atoms with Crippen LogP contribution in [-0.2, 0) is 13.1 Å². The molecule has 1 heterocycles. The second-order valence-electron chi connectivity index (χ2n) is 4.46. The van der Waals surface area contributed by atoms with E-state index in [1.54, 1.807) is 0 Å². The van der Waals surface area contributed by atoms with Gasteiger partial charge < -0.3 is 0 Å². The number of unbranched alkanes of at least 4 members (excludes halogenated alkanes) is 1. The van der Waals surface area contributed by atoms with E-state index in [-0.39, 0.29) is 0 Å². The summed E-state index contributed by atoms with van der Waals surface area (Å²) in [6.07, 6.45) is 6.38. The fourth-order valence-electron chi connectivity index (χ4n) is 1.86. The molecule has 0 bridgehead atoms. The summed E-state index contributed by atoms with van der Waals surface area (Å²) in [4.78, 5) is 0. The highest BCUT2D eigenvalue weighted by molar-refractivity contribution is 5.24. The van der Waals surface area contributed by atoms with Crippen molar-refractivity contribution in [2.24, 2.45) is 0 Å². The minimum atomic E-state index is 0.902. The van der Waals surface area contributed by atoms with Crippen molar-refractivity contribution < 1.29 is 4.57 Å². The average molecular weight is 230 g/mol. The van der Waals surface area contributed by atoms with Crippen LogP contribution < -0.4 is 4.57 Å². The lowest BCUT2D eigenvalue weighted by Gasteiger charge is -2.01. The third-order valence-corrected chi connectivity index (χ3v) is 2.98. The molecule has 3 nitrogen and oxygen atoms in total. The predicted molar refractivity (Wildman–Crippen MR) is 67.6 cm³/mol. The van der Waals surface area contributed by atoms with Crippen LogP contribution in [0.4, 0.5) is 0 Å². The molecule has 0 radical (unpaired) electrons. The normalized spacial score (nSPS) is 10.7. The molecule has 0 fully saturated rings. The minimum Gasteiger partial charge on any atom is -0.233 e. The molecule has 0 aliphatic rings. The summed E-state index contributed by atoms with van der Waals surface area (Å²) in [5.74, 6) is 0. The van der Waals surface area contributed by atoms with Crippen LogP contribution in [0.5, 0.6) is 0 Å². The lowest BCUT2D eigenvalue weighted by Crippen LogP contribution is -2.32. The van der Waals surface area contributed by atoms with Gasteiger partial charge in [0.1, 0.15) is 6.54 Å². The zero-order valence-electron chi connectivity index (χ0n) is 10.6. The average Bonchev–Trinajstić information content (AvgIpc) is 2.77. The Morgan fingerprint density at radius 2 is 2.12 bits per heavy atom. The van der Waals surface area contributed by atoms with Crippen LogP contribution in [0, 0.1) is 6.92 Å². The first-order valence-corrected chi connectivity index (χ1v) is 6.25. The van der Waals surface area contributed by atoms with Crippen molar-refractivity contribution in [2.75, 3.05) is 0 Å². The zero-order valence-corrected chi connectivity index (χ0v) is 10.6. The van der Waals surface area contributed by atoms with E-state index >= 15 is 0 Å². The largest absolute Gasteiger partial charge is 0.265 e. The molecule has 0 unspecified atom stereocenters. The molecule has 0 aliphatic heterocycles. The number of aryl methyl sites for hydroxylation is 2. The standard InChI is InChI=1S/C14H20N3/c1-3-4-9-17-12-16(11-15-17)10-14-8-6-5-7-13(14)2/h5-8,11-12H,3-4,9-10H2,1-2H3/q+1. The molecule has 0 saturated carbocycles. The van der Waals surface area contributed by atoms with E-state index in [0.29, 0.717) is 0 Å². The molecule has 3 heteroatoms. The van der Waals surface area contributed by atoms with E-state index in [0.717, 1.165) is 13.1 Å². The van der Waals surface area contributed by atoms with Crippen LogP contribution in [0.25, 0.3) is 0 Å². The van der Waals surface area contributed by atoms with Gasteiger partial charge >= 0.3 is 0 Å². The number of hydrogen-bond donors (Lipinski definition) is 0. The van der Waals surface area contributed by atoms with Crippen molar-refractivity contribution in [1.82, 2.24) is 9.78 Å². The van der Waals surface area contributed by atoms with Crippen LogP contribution in [0.1, 0.15) is 30.9 Å². The Bertz CT molecular complexity index is 474. The van der Waals surface area contributed by atoms with E-state index in [9.17, 15) is 0 Å². The van der Waals surface area contributed by atoms with E-state index in [1.807, 2.05) is 11.0 Å². The first-order valence-electron chi connectivity index (χ1n) is 6.25. The van der Waals surface area contributed by atoms with Crippen molar-refractivity contribution in [3.63, 3.8) is 0 Å². The van der Waals surface area contributed by atoms with Crippen molar-refractivity contribution in [1.29, 1.82) is 0 Å². The Morgan fingerprint density at radius 1 is 1.29 bits per heavy atom. The maximum Gasteiger partial charge on any atom is 0.265 e. The summed E-state index contributed by atoms with van der Waals surface area (Å²) in [6, 6.07) is 8.49. The van der Waals surface area contributed by atoms with E-state index < -0.39 is 0 Å². The van der Waals surface area contributed by atoms with Crippen LogP contribution in [0.15, 0.2) is 36.9 Å². The monoisotopic (exact) mass is 230 g/mol. The van der Waals surface area contributed by atoms with Gasteiger partial charge in [-0.3, -0.25) is 0 Å². The van der Waals surface area contributed by atoms with Gasteiger partial charge in [0.25, 0.3) is 6.33 Å². The molecular weight excluding hydrogens is 210 g/mol. The Balaban J connectivity index is 2.04. The number of nitrogens with zero attached hydrogens (tertiary/aromatic N) is 3. The summed E-state index contributed by atoms with van der Waals surface area (Å²) in [6.45, 7) is 6.26.